The van der Waals surface area contributed by atoms with Crippen LogP contribution in [0, 0.1) is 13.8 Å². The molecule has 1 N–H and O–H groups in total. The minimum Gasteiger partial charge on any atom is -0.376 e. The van der Waals surface area contributed by atoms with E-state index in [0.717, 1.165) is 11.4 Å². The van der Waals surface area contributed by atoms with Gasteiger partial charge in [0.1, 0.15) is 0 Å². The summed E-state index contributed by atoms with van der Waals surface area (Å²) in [7, 11) is 3.89. The highest BCUT2D eigenvalue weighted by Gasteiger charge is 2.16. The van der Waals surface area contributed by atoms with Crippen molar-refractivity contribution in [2.45, 2.75) is 26.8 Å². The van der Waals surface area contributed by atoms with Crippen LogP contribution in [-0.4, -0.2) is 19.6 Å². The lowest BCUT2D eigenvalue weighted by molar-refractivity contribution is 0.728. The number of aryl methyl sites for hydroxylation is 3. The van der Waals surface area contributed by atoms with Gasteiger partial charge in [0.15, 0.2) is 0 Å². The number of hydrogen-bond donors (Lipinski definition) is 1. The Kier molecular flexibility index (Phi) is 2.92. The number of rotatable bonds is 3. The summed E-state index contributed by atoms with van der Waals surface area (Å²) < 4.78 is 3.71. The standard InChI is InChI=1S/C12H19N5/c1-8(14-11-6-13-16(4)7-11)12-9(2)15-17(5)10(12)3/h6-8,14H,1-5H3. The van der Waals surface area contributed by atoms with Gasteiger partial charge in [-0.05, 0) is 20.8 Å². The fourth-order valence-electron chi connectivity index (χ4n) is 2.23. The first-order chi connectivity index (χ1) is 7.99. The molecule has 5 nitrogen and oxygen atoms in total. The van der Waals surface area contributed by atoms with Crippen LogP contribution >= 0.6 is 0 Å². The monoisotopic (exact) mass is 233 g/mol. The van der Waals surface area contributed by atoms with Crippen LogP contribution < -0.4 is 5.32 Å². The molecule has 0 fully saturated rings. The summed E-state index contributed by atoms with van der Waals surface area (Å²) in [5.74, 6) is 0. The molecule has 92 valence electrons. The maximum absolute atomic E-state index is 4.43. The van der Waals surface area contributed by atoms with Crippen molar-refractivity contribution in [2.24, 2.45) is 14.1 Å². The molecule has 0 spiro atoms. The zero-order valence-corrected chi connectivity index (χ0v) is 11.0. The van der Waals surface area contributed by atoms with E-state index in [0.29, 0.717) is 0 Å². The van der Waals surface area contributed by atoms with Gasteiger partial charge in [0.2, 0.25) is 0 Å². The highest BCUT2D eigenvalue weighted by atomic mass is 15.3. The third-order valence-electron chi connectivity index (χ3n) is 3.09. The summed E-state index contributed by atoms with van der Waals surface area (Å²) in [5, 5.41) is 12.0. The van der Waals surface area contributed by atoms with E-state index in [1.54, 1.807) is 4.68 Å². The van der Waals surface area contributed by atoms with Crippen molar-refractivity contribution in [3.63, 3.8) is 0 Å². The van der Waals surface area contributed by atoms with E-state index in [4.69, 9.17) is 0 Å². The van der Waals surface area contributed by atoms with Gasteiger partial charge in [0.05, 0.1) is 23.6 Å². The molecule has 2 rings (SSSR count). The van der Waals surface area contributed by atoms with E-state index >= 15 is 0 Å². The average Bonchev–Trinajstić information content (AvgIpc) is 2.73. The van der Waals surface area contributed by atoms with Gasteiger partial charge in [-0.3, -0.25) is 9.36 Å². The van der Waals surface area contributed by atoms with Crippen LogP contribution in [0.4, 0.5) is 5.69 Å². The van der Waals surface area contributed by atoms with Crippen molar-refractivity contribution in [3.05, 3.63) is 29.3 Å². The van der Waals surface area contributed by atoms with Gasteiger partial charge >= 0.3 is 0 Å². The molecule has 0 aliphatic rings. The molecule has 1 unspecified atom stereocenters. The van der Waals surface area contributed by atoms with Crippen molar-refractivity contribution < 1.29 is 0 Å². The number of hydrogen-bond acceptors (Lipinski definition) is 3. The average molecular weight is 233 g/mol. The second kappa shape index (κ2) is 4.24. The zero-order valence-electron chi connectivity index (χ0n) is 11.0. The van der Waals surface area contributed by atoms with Crippen LogP contribution in [-0.2, 0) is 14.1 Å². The van der Waals surface area contributed by atoms with Gasteiger partial charge in [-0.25, -0.2) is 0 Å². The van der Waals surface area contributed by atoms with Crippen LogP contribution in [0.5, 0.6) is 0 Å². The molecule has 0 saturated heterocycles. The largest absolute Gasteiger partial charge is 0.376 e. The van der Waals surface area contributed by atoms with Crippen LogP contribution in [0.1, 0.15) is 29.9 Å². The predicted octanol–water partition coefficient (Wildman–Crippen LogP) is 1.94. The molecule has 2 aromatic rings. The van der Waals surface area contributed by atoms with Gasteiger partial charge in [-0.2, -0.15) is 10.2 Å². The first-order valence-electron chi connectivity index (χ1n) is 5.74. The molecule has 2 aromatic heterocycles. The van der Waals surface area contributed by atoms with Gasteiger partial charge in [0, 0.05) is 31.5 Å². The SMILES string of the molecule is Cc1nn(C)c(C)c1C(C)Nc1cnn(C)c1. The maximum atomic E-state index is 4.43. The van der Waals surface area contributed by atoms with Crippen molar-refractivity contribution >= 4 is 5.69 Å². The van der Waals surface area contributed by atoms with E-state index in [2.05, 4.69) is 29.4 Å². The van der Waals surface area contributed by atoms with Gasteiger partial charge < -0.3 is 5.32 Å². The molecule has 5 heteroatoms. The van der Waals surface area contributed by atoms with Crippen molar-refractivity contribution in [1.82, 2.24) is 19.6 Å². The molecule has 0 bridgehead atoms. The molecule has 0 aliphatic heterocycles. The third-order valence-corrected chi connectivity index (χ3v) is 3.09. The lowest BCUT2D eigenvalue weighted by atomic mass is 10.1. The third kappa shape index (κ3) is 2.18. The zero-order chi connectivity index (χ0) is 12.6. The van der Waals surface area contributed by atoms with Gasteiger partial charge in [-0.15, -0.1) is 0 Å². The minimum absolute atomic E-state index is 0.230. The highest BCUT2D eigenvalue weighted by Crippen LogP contribution is 2.24. The first kappa shape index (κ1) is 11.7. The summed E-state index contributed by atoms with van der Waals surface area (Å²) in [5.41, 5.74) is 4.57. The number of aromatic nitrogens is 4. The Bertz CT molecular complexity index is 523. The fraction of sp³-hybridized carbons (Fsp3) is 0.500. The van der Waals surface area contributed by atoms with E-state index < -0.39 is 0 Å². The normalized spacial score (nSPS) is 12.8. The van der Waals surface area contributed by atoms with Crippen LogP contribution in [0.15, 0.2) is 12.4 Å². The summed E-state index contributed by atoms with van der Waals surface area (Å²) in [4.78, 5) is 0. The molecular formula is C12H19N5. The van der Waals surface area contributed by atoms with E-state index in [-0.39, 0.29) is 6.04 Å². The van der Waals surface area contributed by atoms with Crippen molar-refractivity contribution in [1.29, 1.82) is 0 Å². The number of nitrogens with one attached hydrogen (secondary N) is 1. The Morgan fingerprint density at radius 3 is 2.47 bits per heavy atom. The summed E-state index contributed by atoms with van der Waals surface area (Å²) >= 11 is 0. The van der Waals surface area contributed by atoms with Crippen LogP contribution in [0.25, 0.3) is 0 Å². The predicted molar refractivity (Wildman–Crippen MR) is 67.9 cm³/mol. The van der Waals surface area contributed by atoms with E-state index in [1.165, 1.54) is 11.3 Å². The lowest BCUT2D eigenvalue weighted by Gasteiger charge is -2.14. The molecule has 0 saturated carbocycles. The Balaban J connectivity index is 2.22. The molecule has 1 atom stereocenters. The molecule has 0 radical (unpaired) electrons. The number of anilines is 1. The molecular weight excluding hydrogens is 214 g/mol. The number of nitrogens with zero attached hydrogens (tertiary/aromatic N) is 4. The summed E-state index contributed by atoms with van der Waals surface area (Å²) in [6, 6.07) is 0.230. The Morgan fingerprint density at radius 1 is 1.29 bits per heavy atom. The quantitative estimate of drug-likeness (QED) is 0.881. The van der Waals surface area contributed by atoms with Crippen molar-refractivity contribution in [2.75, 3.05) is 5.32 Å². The first-order valence-corrected chi connectivity index (χ1v) is 5.74. The van der Waals surface area contributed by atoms with Gasteiger partial charge in [0.25, 0.3) is 0 Å². The molecule has 0 aliphatic carbocycles. The highest BCUT2D eigenvalue weighted by molar-refractivity contribution is 5.43. The Labute approximate surface area is 101 Å². The molecule has 2 heterocycles. The lowest BCUT2D eigenvalue weighted by Crippen LogP contribution is -2.08. The topological polar surface area (TPSA) is 47.7 Å². The fourth-order valence-corrected chi connectivity index (χ4v) is 2.23. The van der Waals surface area contributed by atoms with E-state index in [1.807, 2.05) is 38.1 Å². The molecule has 0 aromatic carbocycles. The van der Waals surface area contributed by atoms with Crippen LogP contribution in [0.3, 0.4) is 0 Å². The molecule has 0 amide bonds. The van der Waals surface area contributed by atoms with E-state index in [9.17, 15) is 0 Å². The second-order valence-corrected chi connectivity index (χ2v) is 4.48. The second-order valence-electron chi connectivity index (χ2n) is 4.48. The maximum Gasteiger partial charge on any atom is 0.0731 e. The molecule has 17 heavy (non-hydrogen) atoms. The minimum atomic E-state index is 0.230. The Morgan fingerprint density at radius 2 is 2.00 bits per heavy atom. The summed E-state index contributed by atoms with van der Waals surface area (Å²) in [6.07, 6.45) is 3.80. The van der Waals surface area contributed by atoms with Gasteiger partial charge in [-0.1, -0.05) is 0 Å². The Hall–Kier alpha value is -1.78. The van der Waals surface area contributed by atoms with Crippen LogP contribution in [0.2, 0.25) is 0 Å². The van der Waals surface area contributed by atoms with Crippen molar-refractivity contribution in [3.8, 4) is 0 Å². The summed E-state index contributed by atoms with van der Waals surface area (Å²) in [6.45, 7) is 6.28. The smallest absolute Gasteiger partial charge is 0.0731 e.